The number of methoxy groups -OCH3 is 1. The van der Waals surface area contributed by atoms with Crippen molar-refractivity contribution in [2.45, 2.75) is 20.3 Å². The van der Waals surface area contributed by atoms with Crippen molar-refractivity contribution in [2.24, 2.45) is 0 Å². The largest absolute Gasteiger partial charge is 0.384 e. The number of ether oxygens (including phenoxy) is 1. The Morgan fingerprint density at radius 1 is 1.39 bits per heavy atom. The van der Waals surface area contributed by atoms with Crippen LogP contribution < -0.4 is 5.32 Å². The topological polar surface area (TPSA) is 81.5 Å². The number of amides is 1. The molecule has 0 saturated heterocycles. The molecular formula is C12H16N2O4. The summed E-state index contributed by atoms with van der Waals surface area (Å²) in [5.74, 6) is -0.170. The third-order valence-electron chi connectivity index (χ3n) is 2.53. The first-order valence-electron chi connectivity index (χ1n) is 5.50. The van der Waals surface area contributed by atoms with E-state index < -0.39 is 4.92 Å². The van der Waals surface area contributed by atoms with E-state index in [0.717, 1.165) is 0 Å². The first kappa shape index (κ1) is 14.1. The third-order valence-corrected chi connectivity index (χ3v) is 2.53. The van der Waals surface area contributed by atoms with Gasteiger partial charge >= 0.3 is 0 Å². The van der Waals surface area contributed by atoms with Crippen LogP contribution in [0, 0.1) is 24.0 Å². The van der Waals surface area contributed by atoms with Crippen LogP contribution in [0.15, 0.2) is 12.1 Å². The van der Waals surface area contributed by atoms with Gasteiger partial charge in [0.05, 0.1) is 18.0 Å². The Kier molecular flexibility index (Phi) is 4.79. The molecule has 98 valence electrons. The van der Waals surface area contributed by atoms with Crippen molar-refractivity contribution in [3.63, 3.8) is 0 Å². The third kappa shape index (κ3) is 3.53. The van der Waals surface area contributed by atoms with Crippen molar-refractivity contribution in [1.29, 1.82) is 0 Å². The Morgan fingerprint density at radius 3 is 2.39 bits per heavy atom. The molecule has 18 heavy (non-hydrogen) atoms. The number of aryl methyl sites for hydroxylation is 2. The summed E-state index contributed by atoms with van der Waals surface area (Å²) in [5.41, 5.74) is 2.00. The minimum atomic E-state index is -0.448. The molecule has 0 saturated carbocycles. The predicted molar refractivity (Wildman–Crippen MR) is 67.7 cm³/mol. The molecule has 0 unspecified atom stereocenters. The molecule has 0 heterocycles. The van der Waals surface area contributed by atoms with Crippen molar-refractivity contribution < 1.29 is 14.5 Å². The van der Waals surface area contributed by atoms with Crippen LogP contribution in [0.1, 0.15) is 17.5 Å². The molecule has 1 N–H and O–H groups in total. The van der Waals surface area contributed by atoms with Gasteiger partial charge in [0.25, 0.3) is 5.69 Å². The summed E-state index contributed by atoms with van der Waals surface area (Å²) < 4.78 is 4.81. The summed E-state index contributed by atoms with van der Waals surface area (Å²) in [5, 5.41) is 13.4. The first-order valence-corrected chi connectivity index (χ1v) is 5.50. The van der Waals surface area contributed by atoms with Crippen LogP contribution >= 0.6 is 0 Å². The van der Waals surface area contributed by atoms with Crippen LogP contribution in [-0.2, 0) is 9.53 Å². The lowest BCUT2D eigenvalue weighted by Gasteiger charge is -2.11. The first-order chi connectivity index (χ1) is 8.45. The second kappa shape index (κ2) is 6.11. The number of hydrogen-bond acceptors (Lipinski definition) is 4. The maximum Gasteiger partial charge on any atom is 0.270 e. The van der Waals surface area contributed by atoms with Crippen LogP contribution in [0.4, 0.5) is 11.4 Å². The van der Waals surface area contributed by atoms with E-state index in [9.17, 15) is 14.9 Å². The fourth-order valence-electron chi connectivity index (χ4n) is 1.64. The molecule has 1 amide bonds. The Hall–Kier alpha value is -1.95. The molecule has 0 aromatic heterocycles. The van der Waals surface area contributed by atoms with Crippen LogP contribution in [0.2, 0.25) is 0 Å². The second-order valence-corrected chi connectivity index (χ2v) is 4.00. The van der Waals surface area contributed by atoms with Gasteiger partial charge in [0.1, 0.15) is 0 Å². The summed E-state index contributed by atoms with van der Waals surface area (Å²) in [7, 11) is 1.52. The number of nitro benzene ring substituents is 1. The molecule has 0 aliphatic heterocycles. The lowest BCUT2D eigenvalue weighted by molar-refractivity contribution is -0.384. The quantitative estimate of drug-likeness (QED) is 0.643. The molecular weight excluding hydrogens is 236 g/mol. The highest BCUT2D eigenvalue weighted by Crippen LogP contribution is 2.26. The standard InChI is InChI=1S/C12H16N2O4/c1-8-6-10(14(16)17)7-9(2)12(8)13-11(15)4-5-18-3/h6-7H,4-5H2,1-3H3,(H,13,15). The summed E-state index contributed by atoms with van der Waals surface area (Å²) >= 11 is 0. The number of anilines is 1. The second-order valence-electron chi connectivity index (χ2n) is 4.00. The number of non-ortho nitro benzene ring substituents is 1. The van der Waals surface area contributed by atoms with Crippen molar-refractivity contribution in [3.8, 4) is 0 Å². The van der Waals surface area contributed by atoms with Gasteiger partial charge in [-0.15, -0.1) is 0 Å². The van der Waals surface area contributed by atoms with E-state index in [1.165, 1.54) is 19.2 Å². The summed E-state index contributed by atoms with van der Waals surface area (Å²) in [6.45, 7) is 3.80. The molecule has 1 aromatic rings. The lowest BCUT2D eigenvalue weighted by Crippen LogP contribution is -2.15. The highest BCUT2D eigenvalue weighted by molar-refractivity contribution is 5.92. The average molecular weight is 252 g/mol. The van der Waals surface area contributed by atoms with Crippen molar-refractivity contribution >= 4 is 17.3 Å². The highest BCUT2D eigenvalue weighted by Gasteiger charge is 2.13. The number of rotatable bonds is 5. The van der Waals surface area contributed by atoms with Crippen LogP contribution in [0.25, 0.3) is 0 Å². The normalized spacial score (nSPS) is 10.2. The summed E-state index contributed by atoms with van der Waals surface area (Å²) in [6, 6.07) is 2.89. The van der Waals surface area contributed by atoms with Gasteiger partial charge < -0.3 is 10.1 Å². The van der Waals surface area contributed by atoms with E-state index in [1.807, 2.05) is 0 Å². The molecule has 0 aliphatic carbocycles. The average Bonchev–Trinajstić information content (AvgIpc) is 2.30. The van der Waals surface area contributed by atoms with Gasteiger partial charge in [-0.2, -0.15) is 0 Å². The van der Waals surface area contributed by atoms with Gasteiger partial charge in [-0.3, -0.25) is 14.9 Å². The van der Waals surface area contributed by atoms with E-state index in [-0.39, 0.29) is 18.0 Å². The van der Waals surface area contributed by atoms with E-state index in [2.05, 4.69) is 5.32 Å². The van der Waals surface area contributed by atoms with Crippen LogP contribution in [0.3, 0.4) is 0 Å². The molecule has 0 radical (unpaired) electrons. The minimum Gasteiger partial charge on any atom is -0.384 e. The monoisotopic (exact) mass is 252 g/mol. The van der Waals surface area contributed by atoms with Crippen LogP contribution in [-0.4, -0.2) is 24.5 Å². The molecule has 6 nitrogen and oxygen atoms in total. The number of nitrogens with one attached hydrogen (secondary N) is 1. The smallest absolute Gasteiger partial charge is 0.270 e. The molecule has 1 rings (SSSR count). The zero-order valence-electron chi connectivity index (χ0n) is 10.6. The SMILES string of the molecule is COCCC(=O)Nc1c(C)cc([N+](=O)[O-])cc1C. The van der Waals surface area contributed by atoms with Crippen molar-refractivity contribution in [2.75, 3.05) is 19.0 Å². The zero-order valence-corrected chi connectivity index (χ0v) is 10.6. The van der Waals surface area contributed by atoms with Gasteiger partial charge in [0, 0.05) is 24.9 Å². The number of carbonyl (C=O) groups excluding carboxylic acids is 1. The Labute approximate surface area is 105 Å². The Bertz CT molecular complexity index is 448. The summed E-state index contributed by atoms with van der Waals surface area (Å²) in [6.07, 6.45) is 0.256. The number of nitrogens with zero attached hydrogens (tertiary/aromatic N) is 1. The fraction of sp³-hybridized carbons (Fsp3) is 0.417. The van der Waals surface area contributed by atoms with Gasteiger partial charge in [0.2, 0.25) is 5.91 Å². The molecule has 0 fully saturated rings. The Balaban J connectivity index is 2.90. The zero-order chi connectivity index (χ0) is 13.7. The number of benzene rings is 1. The van der Waals surface area contributed by atoms with Gasteiger partial charge in [0.15, 0.2) is 0 Å². The number of carbonyl (C=O) groups is 1. The molecule has 1 aromatic carbocycles. The van der Waals surface area contributed by atoms with Crippen molar-refractivity contribution in [3.05, 3.63) is 33.4 Å². The summed E-state index contributed by atoms with van der Waals surface area (Å²) in [4.78, 5) is 21.8. The minimum absolute atomic E-state index is 0.0277. The van der Waals surface area contributed by atoms with Gasteiger partial charge in [-0.05, 0) is 25.0 Å². The molecule has 0 atom stereocenters. The Morgan fingerprint density at radius 2 is 1.94 bits per heavy atom. The van der Waals surface area contributed by atoms with Gasteiger partial charge in [-0.25, -0.2) is 0 Å². The van der Waals surface area contributed by atoms with E-state index in [0.29, 0.717) is 23.4 Å². The van der Waals surface area contributed by atoms with Gasteiger partial charge in [-0.1, -0.05) is 0 Å². The maximum atomic E-state index is 11.6. The number of hydrogen-bond donors (Lipinski definition) is 1. The van der Waals surface area contributed by atoms with E-state index in [1.54, 1.807) is 13.8 Å². The maximum absolute atomic E-state index is 11.6. The molecule has 0 bridgehead atoms. The highest BCUT2D eigenvalue weighted by atomic mass is 16.6. The number of nitro groups is 1. The van der Waals surface area contributed by atoms with Crippen LogP contribution in [0.5, 0.6) is 0 Å². The van der Waals surface area contributed by atoms with E-state index >= 15 is 0 Å². The van der Waals surface area contributed by atoms with E-state index in [4.69, 9.17) is 4.74 Å². The van der Waals surface area contributed by atoms with Crippen molar-refractivity contribution in [1.82, 2.24) is 0 Å². The predicted octanol–water partition coefficient (Wildman–Crippen LogP) is 2.19. The molecule has 0 spiro atoms. The molecule has 0 aliphatic rings. The molecule has 6 heteroatoms. The lowest BCUT2D eigenvalue weighted by atomic mass is 10.1. The fourth-order valence-corrected chi connectivity index (χ4v) is 1.64.